The van der Waals surface area contributed by atoms with Crippen molar-refractivity contribution < 1.29 is 74.1 Å². The number of para-hydroxylation sites is 2. The SMILES string of the molecule is C=CCCCCC[C@H](C)C(=O)N1C[C@@]2(CCc3c(c(C)nc4c(C(F)(F)F)cccc34)O2)C[C@H]1C(=O)C[C@]1(C(=O)OCC)C[C@H]1C=C.CCOC(=O)[C@]12CC(=O)[C@@H]3C[C@]4(CCc5c(c(C)nc6c(C(F)(F)F)cccc56)O4)CN3C(=O)[C@@H](C)CCCCC/C=C\[C@@H]1C2. The van der Waals surface area contributed by atoms with E-state index in [9.17, 15) is 55.1 Å². The van der Waals surface area contributed by atoms with Gasteiger partial charge in [-0.25, -0.2) is 9.97 Å². The molecule has 11 rings (SSSR count). The largest absolute Gasteiger partial charge is 0.483 e. The Kier molecular flexibility index (Phi) is 19.7. The van der Waals surface area contributed by atoms with Gasteiger partial charge in [0.2, 0.25) is 11.8 Å². The topological polar surface area (TPSA) is 172 Å². The van der Waals surface area contributed by atoms with E-state index in [2.05, 4.69) is 35.3 Å². The van der Waals surface area contributed by atoms with Crippen molar-refractivity contribution in [3.63, 3.8) is 0 Å². The number of hydrogen-bond donors (Lipinski definition) is 0. The van der Waals surface area contributed by atoms with Crippen molar-refractivity contribution in [3.8, 4) is 11.5 Å². The highest BCUT2D eigenvalue weighted by Gasteiger charge is 2.64. The number of nitrogens with zero attached hydrogens (tertiary/aromatic N) is 4. The number of hydrogen-bond acceptors (Lipinski definition) is 12. The molecule has 4 fully saturated rings. The summed E-state index contributed by atoms with van der Waals surface area (Å²) < 4.78 is 107. The minimum atomic E-state index is -4.56. The zero-order valence-corrected chi connectivity index (χ0v) is 53.8. The molecule has 2 amide bonds. The predicted molar refractivity (Wildman–Crippen MR) is 334 cm³/mol. The molecule has 92 heavy (non-hydrogen) atoms. The number of ether oxygens (including phenoxy) is 4. The molecule has 2 aromatic heterocycles. The van der Waals surface area contributed by atoms with Crippen molar-refractivity contribution >= 4 is 57.1 Å². The van der Waals surface area contributed by atoms with Crippen LogP contribution in [0.2, 0.25) is 0 Å². The Morgan fingerprint density at radius 3 is 1.93 bits per heavy atom. The molecular formula is C72H86F6N4O10. The molecule has 0 unspecified atom stereocenters. The Bertz CT molecular complexity index is 3590. The number of fused-ring (bicyclic) bond motifs is 8. The molecular weight excluding hydrogens is 1190 g/mol. The lowest BCUT2D eigenvalue weighted by atomic mass is 9.85. The van der Waals surface area contributed by atoms with Crippen molar-refractivity contribution in [2.75, 3.05) is 26.3 Å². The summed E-state index contributed by atoms with van der Waals surface area (Å²) in [6.07, 6.45) is 10.6. The quantitative estimate of drug-likeness (QED) is 0.0478. The van der Waals surface area contributed by atoms with Gasteiger partial charge in [0.25, 0.3) is 0 Å². The number of carbonyl (C=O) groups is 6. The summed E-state index contributed by atoms with van der Waals surface area (Å²) in [7, 11) is 0. The second-order valence-electron chi connectivity index (χ2n) is 27.0. The second-order valence-corrected chi connectivity index (χ2v) is 27.0. The van der Waals surface area contributed by atoms with Gasteiger partial charge in [0.15, 0.2) is 11.6 Å². The molecule has 10 atom stereocenters. The number of unbranched alkanes of at least 4 members (excludes halogenated alkanes) is 3. The highest BCUT2D eigenvalue weighted by atomic mass is 19.4. The molecule has 4 aromatic rings. The minimum Gasteiger partial charge on any atom is -0.483 e. The number of carbonyl (C=O) groups excluding carboxylic acids is 6. The smallest absolute Gasteiger partial charge is 0.418 e. The number of pyridine rings is 2. The zero-order chi connectivity index (χ0) is 66.3. The number of alkyl halides is 6. The molecule has 2 aliphatic carbocycles. The molecule has 5 aliphatic heterocycles. The second kappa shape index (κ2) is 26.7. The van der Waals surface area contributed by atoms with Crippen LogP contribution in [0.15, 0.2) is 73.9 Å². The normalized spacial score (nSPS) is 28.4. The first-order valence-electron chi connectivity index (χ1n) is 33.0. The van der Waals surface area contributed by atoms with Crippen LogP contribution in [0.5, 0.6) is 11.5 Å². The number of halogens is 6. The van der Waals surface area contributed by atoms with Crippen molar-refractivity contribution in [2.45, 2.75) is 206 Å². The third kappa shape index (κ3) is 13.4. The Morgan fingerprint density at radius 1 is 0.772 bits per heavy atom. The molecule has 0 radical (unpaired) electrons. The summed E-state index contributed by atoms with van der Waals surface area (Å²) in [5.74, 6) is -1.45. The van der Waals surface area contributed by atoms with Crippen molar-refractivity contribution in [3.05, 3.63) is 108 Å². The number of likely N-dealkylation sites (tertiary alicyclic amines) is 1. The van der Waals surface area contributed by atoms with Crippen LogP contribution in [0.25, 0.3) is 21.8 Å². The average molecular weight is 1280 g/mol. The maximum atomic E-state index is 14.2. The molecule has 7 aliphatic rings. The van der Waals surface area contributed by atoms with Gasteiger partial charge in [-0.3, -0.25) is 28.8 Å². The lowest BCUT2D eigenvalue weighted by Gasteiger charge is -2.37. The van der Waals surface area contributed by atoms with Crippen molar-refractivity contribution in [1.82, 2.24) is 19.8 Å². The summed E-state index contributed by atoms with van der Waals surface area (Å²) in [6, 6.07) is 6.52. The number of ketones is 2. The van der Waals surface area contributed by atoms with Gasteiger partial charge in [-0.05, 0) is 129 Å². The molecule has 2 saturated carbocycles. The van der Waals surface area contributed by atoms with E-state index in [0.717, 1.165) is 63.5 Å². The van der Waals surface area contributed by atoms with Crippen LogP contribution in [0.1, 0.15) is 177 Å². The molecule has 0 N–H and O–H groups in total. The van der Waals surface area contributed by atoms with Crippen molar-refractivity contribution in [2.24, 2.45) is 34.5 Å². The average Bonchev–Trinajstić information content (AvgIpc) is 1.38. The van der Waals surface area contributed by atoms with Gasteiger partial charge in [-0.15, -0.1) is 13.2 Å². The van der Waals surface area contributed by atoms with Gasteiger partial charge < -0.3 is 28.7 Å². The summed E-state index contributed by atoms with van der Waals surface area (Å²) >= 11 is 0. The summed E-state index contributed by atoms with van der Waals surface area (Å²) in [4.78, 5) is 94.5. The Balaban J connectivity index is 0.000000202. The van der Waals surface area contributed by atoms with E-state index in [1.165, 1.54) is 12.1 Å². The van der Waals surface area contributed by atoms with E-state index in [0.29, 0.717) is 96.2 Å². The van der Waals surface area contributed by atoms with Gasteiger partial charge in [0.05, 0.1) is 82.8 Å². The molecule has 2 spiro atoms. The third-order valence-electron chi connectivity index (χ3n) is 20.7. The molecule has 7 heterocycles. The van der Waals surface area contributed by atoms with Crippen molar-refractivity contribution in [1.29, 1.82) is 0 Å². The van der Waals surface area contributed by atoms with E-state index < -0.39 is 63.6 Å². The lowest BCUT2D eigenvalue weighted by Crippen LogP contribution is -2.46. The van der Waals surface area contributed by atoms with Crippen LogP contribution in [0.4, 0.5) is 26.3 Å². The molecule has 14 nitrogen and oxygen atoms in total. The number of amides is 2. The predicted octanol–water partition coefficient (Wildman–Crippen LogP) is 14.6. The summed E-state index contributed by atoms with van der Waals surface area (Å²) in [6.45, 7) is 18.9. The maximum Gasteiger partial charge on any atom is 0.418 e. The number of benzene rings is 2. The van der Waals surface area contributed by atoms with Crippen LogP contribution in [-0.2, 0) is 63.4 Å². The fourth-order valence-corrected chi connectivity index (χ4v) is 15.4. The number of allylic oxidation sites excluding steroid dienone is 4. The molecule has 0 bridgehead atoms. The van der Waals surface area contributed by atoms with E-state index in [4.69, 9.17) is 18.9 Å². The van der Waals surface area contributed by atoms with Crippen LogP contribution < -0.4 is 9.47 Å². The standard InChI is InChI=1S/C37H45F3N2O5.C35H41F3N2O5/c1-6-9-10-11-12-14-23(4)33(44)42-22-35(20-29(42)30(43)21-36(19-25(36)7-2)34(45)46-8-3)18-17-27-26-15-13-16-28(37(38,39)40)31(26)41-24(5)32(27)47-35;1-4-44-32(43)34-17-23(34)12-9-7-5-6-8-11-21(2)31(42)40-20-33(18-27(40)28(41)19-34)16-15-25-24-13-10-14-26(35(36,37)38)29(24)39-22(3)30(25)45-33/h6-7,13,15-16,23,25,29H,1-2,8-12,14,17-22H2,3-5H3;9-10,12-14,21,23,27H,4-8,11,15-20H2,1-3H3/b;12-9-/t23-,25+,29-,35+,36+;21-,23+,27-,33+,34+/m00/s1. The van der Waals surface area contributed by atoms with E-state index in [1.54, 1.807) is 55.7 Å². The lowest BCUT2D eigenvalue weighted by molar-refractivity contribution is -0.153. The van der Waals surface area contributed by atoms with Crippen LogP contribution >= 0.6 is 0 Å². The molecule has 20 heteroatoms. The first-order valence-corrected chi connectivity index (χ1v) is 33.0. The summed E-state index contributed by atoms with van der Waals surface area (Å²) in [5.41, 5.74) is -3.52. The number of aryl methyl sites for hydroxylation is 4. The Hall–Kier alpha value is -7.12. The Labute approximate surface area is 534 Å². The number of esters is 2. The van der Waals surface area contributed by atoms with E-state index >= 15 is 0 Å². The highest BCUT2D eigenvalue weighted by Crippen LogP contribution is 2.60. The number of Topliss-reactive ketones (excluding diaryl/α,β-unsaturated/α-hetero) is 2. The van der Waals surface area contributed by atoms with Gasteiger partial charge >= 0.3 is 24.3 Å². The van der Waals surface area contributed by atoms with Crippen LogP contribution in [0.3, 0.4) is 0 Å². The van der Waals surface area contributed by atoms with E-state index in [-0.39, 0.29) is 116 Å². The zero-order valence-electron chi connectivity index (χ0n) is 53.8. The number of aromatic nitrogens is 2. The van der Waals surface area contributed by atoms with E-state index in [1.807, 2.05) is 19.9 Å². The van der Waals surface area contributed by atoms with Gasteiger partial charge in [-0.2, -0.15) is 26.3 Å². The summed E-state index contributed by atoms with van der Waals surface area (Å²) in [5, 5.41) is 0.789. The first-order chi connectivity index (χ1) is 43.7. The van der Waals surface area contributed by atoms with Gasteiger partial charge in [0, 0.05) is 59.4 Å². The van der Waals surface area contributed by atoms with Gasteiger partial charge in [0.1, 0.15) is 22.7 Å². The highest BCUT2D eigenvalue weighted by molar-refractivity contribution is 5.97. The third-order valence-corrected chi connectivity index (χ3v) is 20.7. The fourth-order valence-electron chi connectivity index (χ4n) is 15.4. The Morgan fingerprint density at radius 2 is 1.37 bits per heavy atom. The monoisotopic (exact) mass is 1280 g/mol. The van der Waals surface area contributed by atoms with Crippen LogP contribution in [-0.4, -0.2) is 105 Å². The fraction of sp³-hybridized carbons (Fsp3) is 0.583. The van der Waals surface area contributed by atoms with Gasteiger partial charge in [-0.1, -0.05) is 88.1 Å². The minimum absolute atomic E-state index is 0.0121. The maximum absolute atomic E-state index is 14.2. The first kappa shape index (κ1) is 67.8. The molecule has 2 aromatic carbocycles. The molecule has 2 saturated heterocycles. The van der Waals surface area contributed by atoms with Crippen LogP contribution in [0, 0.1) is 48.3 Å². The molecule has 496 valence electrons. The number of rotatable bonds is 15.